The van der Waals surface area contributed by atoms with Crippen molar-refractivity contribution in [2.75, 3.05) is 0 Å². The molecule has 0 aliphatic rings. The van der Waals surface area contributed by atoms with Gasteiger partial charge in [0.15, 0.2) is 0 Å². The van der Waals surface area contributed by atoms with Gasteiger partial charge in [-0.3, -0.25) is 0 Å². The molecule has 0 radical (unpaired) electrons. The Bertz CT molecular complexity index is 622. The lowest BCUT2D eigenvalue weighted by atomic mass is 10.0. The molecule has 0 spiro atoms. The van der Waals surface area contributed by atoms with Crippen LogP contribution in [0.2, 0.25) is 0 Å². The first kappa shape index (κ1) is 14.1. The van der Waals surface area contributed by atoms with Crippen LogP contribution in [-0.4, -0.2) is 0 Å². The molecule has 0 saturated carbocycles. The van der Waals surface area contributed by atoms with Gasteiger partial charge >= 0.3 is 0 Å². The molecule has 0 amide bonds. The van der Waals surface area contributed by atoms with Crippen LogP contribution in [-0.2, 0) is 6.42 Å². The molecule has 0 aliphatic heterocycles. The minimum atomic E-state index is 0. The van der Waals surface area contributed by atoms with Crippen molar-refractivity contribution < 1.29 is 0 Å². The van der Waals surface area contributed by atoms with E-state index >= 15 is 0 Å². The summed E-state index contributed by atoms with van der Waals surface area (Å²) in [6.45, 7) is 0. The van der Waals surface area contributed by atoms with Crippen LogP contribution in [0.25, 0.3) is 11.1 Å². The first-order chi connectivity index (χ1) is 9.42. The van der Waals surface area contributed by atoms with Crippen LogP contribution in [0.5, 0.6) is 0 Å². The van der Waals surface area contributed by atoms with Crippen molar-refractivity contribution in [1.29, 1.82) is 0 Å². The van der Waals surface area contributed by atoms with Gasteiger partial charge in [0.05, 0.1) is 0 Å². The van der Waals surface area contributed by atoms with Gasteiger partial charge in [0.1, 0.15) is 0 Å². The van der Waals surface area contributed by atoms with Gasteiger partial charge in [-0.15, -0.1) is 0 Å². The van der Waals surface area contributed by atoms with Gasteiger partial charge < -0.3 is 0 Å². The zero-order chi connectivity index (χ0) is 12.9. The predicted molar refractivity (Wildman–Crippen MR) is 87.9 cm³/mol. The third kappa shape index (κ3) is 3.36. The summed E-state index contributed by atoms with van der Waals surface area (Å²) < 4.78 is 0. The average molecular weight is 260 g/mol. The molecule has 0 aromatic heterocycles. The lowest BCUT2D eigenvalue weighted by Crippen LogP contribution is -1.87. The van der Waals surface area contributed by atoms with Gasteiger partial charge in [0.25, 0.3) is 0 Å². The molecule has 0 unspecified atom stereocenters. The Morgan fingerprint density at radius 1 is 0.450 bits per heavy atom. The number of benzene rings is 3. The molecule has 3 aromatic carbocycles. The van der Waals surface area contributed by atoms with Crippen LogP contribution in [0.1, 0.15) is 18.6 Å². The van der Waals surface area contributed by atoms with Crippen molar-refractivity contribution in [2.24, 2.45) is 0 Å². The molecule has 0 bridgehead atoms. The van der Waals surface area contributed by atoms with Gasteiger partial charge in [-0.05, 0) is 28.7 Å². The molecule has 0 aliphatic carbocycles. The molecule has 0 fully saturated rings. The highest BCUT2D eigenvalue weighted by molar-refractivity contribution is 5.63. The normalized spacial score (nSPS) is 9.80. The van der Waals surface area contributed by atoms with Crippen molar-refractivity contribution >= 4 is 0 Å². The number of rotatable bonds is 3. The van der Waals surface area contributed by atoms with E-state index in [9.17, 15) is 0 Å². The molecule has 20 heavy (non-hydrogen) atoms. The first-order valence-corrected chi connectivity index (χ1v) is 6.60. The van der Waals surface area contributed by atoms with Gasteiger partial charge in [0.2, 0.25) is 0 Å². The average Bonchev–Trinajstić information content (AvgIpc) is 2.50. The summed E-state index contributed by atoms with van der Waals surface area (Å²) in [6.07, 6.45) is 0.996. The van der Waals surface area contributed by atoms with E-state index in [-0.39, 0.29) is 7.43 Å². The largest absolute Gasteiger partial charge is 0.0776 e. The molecule has 0 saturated heterocycles. The summed E-state index contributed by atoms with van der Waals surface area (Å²) in [5, 5.41) is 0. The Morgan fingerprint density at radius 2 is 0.900 bits per heavy atom. The first-order valence-electron chi connectivity index (χ1n) is 6.60. The molecule has 3 aromatic rings. The van der Waals surface area contributed by atoms with Gasteiger partial charge in [-0.25, -0.2) is 0 Å². The minimum absolute atomic E-state index is 0. The molecule has 0 N–H and O–H groups in total. The Morgan fingerprint density at radius 3 is 1.50 bits per heavy atom. The third-order valence-corrected chi connectivity index (χ3v) is 3.31. The Kier molecular flexibility index (Phi) is 4.73. The van der Waals surface area contributed by atoms with Crippen molar-refractivity contribution in [1.82, 2.24) is 0 Å². The van der Waals surface area contributed by atoms with Crippen molar-refractivity contribution in [3.05, 3.63) is 96.1 Å². The molecule has 0 nitrogen and oxygen atoms in total. The SMILES string of the molecule is C.c1ccc(Cc2ccc(-c3ccccc3)cc2)cc1. The molecule has 3 rings (SSSR count). The zero-order valence-electron chi connectivity index (χ0n) is 10.8. The summed E-state index contributed by atoms with van der Waals surface area (Å²) >= 11 is 0. The second-order valence-electron chi connectivity index (χ2n) is 4.73. The van der Waals surface area contributed by atoms with E-state index in [2.05, 4.69) is 78.9 Å². The highest BCUT2D eigenvalue weighted by Gasteiger charge is 1.98. The number of hydrogen-bond donors (Lipinski definition) is 0. The van der Waals surface area contributed by atoms with Crippen molar-refractivity contribution in [2.45, 2.75) is 13.8 Å². The van der Waals surface area contributed by atoms with E-state index in [1.54, 1.807) is 0 Å². The van der Waals surface area contributed by atoms with E-state index in [1.807, 2.05) is 6.07 Å². The van der Waals surface area contributed by atoms with E-state index in [1.165, 1.54) is 22.3 Å². The summed E-state index contributed by atoms with van der Waals surface area (Å²) in [4.78, 5) is 0. The summed E-state index contributed by atoms with van der Waals surface area (Å²) in [7, 11) is 0. The molecular weight excluding hydrogens is 240 g/mol. The zero-order valence-corrected chi connectivity index (χ0v) is 10.8. The maximum absolute atomic E-state index is 2.22. The lowest BCUT2D eigenvalue weighted by molar-refractivity contribution is 1.19. The Labute approximate surface area is 121 Å². The maximum atomic E-state index is 2.22. The number of hydrogen-bond acceptors (Lipinski definition) is 0. The van der Waals surface area contributed by atoms with Crippen molar-refractivity contribution in [3.63, 3.8) is 0 Å². The van der Waals surface area contributed by atoms with Crippen LogP contribution in [0.4, 0.5) is 0 Å². The molecule has 0 heteroatoms. The van der Waals surface area contributed by atoms with Crippen LogP contribution in [0.3, 0.4) is 0 Å². The molecule has 100 valence electrons. The van der Waals surface area contributed by atoms with Crippen LogP contribution in [0.15, 0.2) is 84.9 Å². The fourth-order valence-electron chi connectivity index (χ4n) is 2.28. The van der Waals surface area contributed by atoms with Crippen LogP contribution < -0.4 is 0 Å². The topological polar surface area (TPSA) is 0 Å². The summed E-state index contributed by atoms with van der Waals surface area (Å²) in [6, 6.07) is 29.9. The van der Waals surface area contributed by atoms with Gasteiger partial charge in [-0.1, -0.05) is 92.4 Å². The standard InChI is InChI=1S/C19H16.CH4/c1-3-7-16(8-4-1)15-17-11-13-19(14-12-17)18-9-5-2-6-10-18;/h1-14H,15H2;1H4. The predicted octanol–water partition coefficient (Wildman–Crippen LogP) is 5.58. The van der Waals surface area contributed by atoms with E-state index in [0.29, 0.717) is 0 Å². The maximum Gasteiger partial charge on any atom is -0.00258 e. The van der Waals surface area contributed by atoms with E-state index in [0.717, 1.165) is 6.42 Å². The van der Waals surface area contributed by atoms with E-state index < -0.39 is 0 Å². The fourth-order valence-corrected chi connectivity index (χ4v) is 2.28. The monoisotopic (exact) mass is 260 g/mol. The minimum Gasteiger partial charge on any atom is -0.0776 e. The van der Waals surface area contributed by atoms with Crippen molar-refractivity contribution in [3.8, 4) is 11.1 Å². The van der Waals surface area contributed by atoms with Crippen LogP contribution in [0, 0.1) is 0 Å². The highest BCUT2D eigenvalue weighted by Crippen LogP contribution is 2.20. The van der Waals surface area contributed by atoms with E-state index in [4.69, 9.17) is 0 Å². The quantitative estimate of drug-likeness (QED) is 0.576. The summed E-state index contributed by atoms with van der Waals surface area (Å²) in [5.74, 6) is 0. The second-order valence-corrected chi connectivity index (χ2v) is 4.73. The Hall–Kier alpha value is -2.34. The third-order valence-electron chi connectivity index (χ3n) is 3.31. The summed E-state index contributed by atoms with van der Waals surface area (Å²) in [5.41, 5.74) is 5.26. The molecular formula is C20H20. The highest BCUT2D eigenvalue weighted by atomic mass is 14.0. The molecule has 0 heterocycles. The smallest absolute Gasteiger partial charge is 0.00258 e. The van der Waals surface area contributed by atoms with Crippen LogP contribution >= 0.6 is 0 Å². The lowest BCUT2D eigenvalue weighted by Gasteiger charge is -2.05. The second kappa shape index (κ2) is 6.72. The fraction of sp³-hybridized carbons (Fsp3) is 0.100. The molecule has 0 atom stereocenters. The van der Waals surface area contributed by atoms with Gasteiger partial charge in [0, 0.05) is 0 Å². The Balaban J connectivity index is 0.00000147. The van der Waals surface area contributed by atoms with Gasteiger partial charge in [-0.2, -0.15) is 0 Å².